The second-order valence-electron chi connectivity index (χ2n) is 4.93. The van der Waals surface area contributed by atoms with Crippen LogP contribution >= 0.6 is 0 Å². The van der Waals surface area contributed by atoms with Crippen molar-refractivity contribution in [3.05, 3.63) is 0 Å². The van der Waals surface area contributed by atoms with Gasteiger partial charge in [0.15, 0.2) is 0 Å². The molecule has 15 heavy (non-hydrogen) atoms. The van der Waals surface area contributed by atoms with E-state index in [0.29, 0.717) is 0 Å². The number of rotatable bonds is 2. The summed E-state index contributed by atoms with van der Waals surface area (Å²) in [7, 11) is 0. The van der Waals surface area contributed by atoms with Crippen LogP contribution < -0.4 is 0 Å². The Morgan fingerprint density at radius 1 is 1.53 bits per heavy atom. The maximum absolute atomic E-state index is 12.8. The molecule has 0 N–H and O–H groups in total. The fourth-order valence-corrected chi connectivity index (χ4v) is 1.43. The molecular formula is C10H17F2NO2. The standard InChI is InChI=1S/C10H17F2NO2/c1-7-10(11,12)6-13(7)5-8(14)15-9(2,3)4/h7H,5-6H2,1-4H3/t7-/m0/s1. The molecule has 1 rings (SSSR count). The first-order chi connectivity index (χ1) is 6.62. The molecule has 1 saturated heterocycles. The highest BCUT2D eigenvalue weighted by atomic mass is 19.3. The zero-order chi connectivity index (χ0) is 11.9. The van der Waals surface area contributed by atoms with Gasteiger partial charge >= 0.3 is 5.97 Å². The van der Waals surface area contributed by atoms with E-state index in [1.54, 1.807) is 20.8 Å². The summed E-state index contributed by atoms with van der Waals surface area (Å²) in [5, 5.41) is 0. The van der Waals surface area contributed by atoms with Crippen LogP contribution in [0.3, 0.4) is 0 Å². The van der Waals surface area contributed by atoms with Gasteiger partial charge in [0.25, 0.3) is 5.92 Å². The molecule has 1 fully saturated rings. The zero-order valence-electron chi connectivity index (χ0n) is 9.51. The monoisotopic (exact) mass is 221 g/mol. The number of alkyl halides is 2. The molecule has 1 aliphatic heterocycles. The van der Waals surface area contributed by atoms with Gasteiger partial charge in [0.1, 0.15) is 5.60 Å². The first kappa shape index (κ1) is 12.4. The molecule has 1 aliphatic rings. The highest BCUT2D eigenvalue weighted by Gasteiger charge is 2.52. The zero-order valence-corrected chi connectivity index (χ0v) is 9.51. The van der Waals surface area contributed by atoms with Gasteiger partial charge in [-0.2, -0.15) is 0 Å². The van der Waals surface area contributed by atoms with Gasteiger partial charge in [0.05, 0.1) is 19.1 Å². The predicted octanol–water partition coefficient (Wildman–Crippen LogP) is 1.67. The van der Waals surface area contributed by atoms with Gasteiger partial charge in [-0.1, -0.05) is 0 Å². The molecule has 3 nitrogen and oxygen atoms in total. The largest absolute Gasteiger partial charge is 0.459 e. The Morgan fingerprint density at radius 3 is 2.40 bits per heavy atom. The van der Waals surface area contributed by atoms with Crippen molar-refractivity contribution in [2.24, 2.45) is 0 Å². The highest BCUT2D eigenvalue weighted by molar-refractivity contribution is 5.72. The molecule has 88 valence electrons. The first-order valence-corrected chi connectivity index (χ1v) is 4.95. The molecule has 0 aromatic heterocycles. The van der Waals surface area contributed by atoms with Crippen molar-refractivity contribution in [1.29, 1.82) is 0 Å². The fourth-order valence-electron chi connectivity index (χ4n) is 1.43. The van der Waals surface area contributed by atoms with Crippen molar-refractivity contribution in [3.63, 3.8) is 0 Å². The normalized spacial score (nSPS) is 25.9. The number of carbonyl (C=O) groups excluding carboxylic acids is 1. The number of carbonyl (C=O) groups is 1. The van der Waals surface area contributed by atoms with Crippen LogP contribution in [0, 0.1) is 0 Å². The van der Waals surface area contributed by atoms with Crippen LogP contribution in [0.1, 0.15) is 27.7 Å². The highest BCUT2D eigenvalue weighted by Crippen LogP contribution is 2.33. The van der Waals surface area contributed by atoms with Crippen LogP contribution in [0.4, 0.5) is 8.78 Å². The van der Waals surface area contributed by atoms with Crippen LogP contribution in [0.2, 0.25) is 0 Å². The predicted molar refractivity (Wildman–Crippen MR) is 51.8 cm³/mol. The van der Waals surface area contributed by atoms with E-state index < -0.39 is 23.5 Å². The number of hydrogen-bond acceptors (Lipinski definition) is 3. The molecule has 1 heterocycles. The maximum Gasteiger partial charge on any atom is 0.320 e. The van der Waals surface area contributed by atoms with E-state index in [4.69, 9.17) is 4.74 Å². The van der Waals surface area contributed by atoms with Gasteiger partial charge in [-0.05, 0) is 27.7 Å². The summed E-state index contributed by atoms with van der Waals surface area (Å²) in [6.45, 7) is 6.24. The quantitative estimate of drug-likeness (QED) is 0.664. The Kier molecular flexibility index (Phi) is 3.05. The summed E-state index contributed by atoms with van der Waals surface area (Å²) < 4.78 is 30.6. The van der Waals surface area contributed by atoms with Crippen LogP contribution in [0.25, 0.3) is 0 Å². The van der Waals surface area contributed by atoms with E-state index in [-0.39, 0.29) is 13.1 Å². The number of likely N-dealkylation sites (tertiary alicyclic amines) is 1. The summed E-state index contributed by atoms with van der Waals surface area (Å²) >= 11 is 0. The molecule has 0 aromatic rings. The summed E-state index contributed by atoms with van der Waals surface area (Å²) in [5.41, 5.74) is -0.562. The van der Waals surface area contributed by atoms with E-state index in [9.17, 15) is 13.6 Å². The van der Waals surface area contributed by atoms with Gasteiger partial charge in [0.2, 0.25) is 0 Å². The molecule has 5 heteroatoms. The molecule has 1 atom stereocenters. The second kappa shape index (κ2) is 3.70. The van der Waals surface area contributed by atoms with Gasteiger partial charge in [-0.3, -0.25) is 9.69 Å². The lowest BCUT2D eigenvalue weighted by molar-refractivity contribution is -0.189. The van der Waals surface area contributed by atoms with Crippen molar-refractivity contribution in [1.82, 2.24) is 4.90 Å². The van der Waals surface area contributed by atoms with Gasteiger partial charge in [0, 0.05) is 0 Å². The van der Waals surface area contributed by atoms with Crippen LogP contribution in [-0.2, 0) is 9.53 Å². The van der Waals surface area contributed by atoms with Crippen LogP contribution in [0.5, 0.6) is 0 Å². The van der Waals surface area contributed by atoms with Gasteiger partial charge < -0.3 is 4.74 Å². The van der Waals surface area contributed by atoms with Crippen molar-refractivity contribution in [2.75, 3.05) is 13.1 Å². The van der Waals surface area contributed by atoms with Gasteiger partial charge in [-0.15, -0.1) is 0 Å². The molecule has 0 spiro atoms. The fraction of sp³-hybridized carbons (Fsp3) is 0.900. The molecule has 0 bridgehead atoms. The Morgan fingerprint density at radius 2 is 2.07 bits per heavy atom. The molecule has 0 aromatic carbocycles. The average molecular weight is 221 g/mol. The third-order valence-electron chi connectivity index (χ3n) is 2.33. The lowest BCUT2D eigenvalue weighted by atomic mass is 10.0. The third kappa shape index (κ3) is 3.12. The van der Waals surface area contributed by atoms with E-state index in [1.807, 2.05) is 0 Å². The van der Waals surface area contributed by atoms with Crippen LogP contribution in [-0.4, -0.2) is 41.5 Å². The van der Waals surface area contributed by atoms with Crippen molar-refractivity contribution in [2.45, 2.75) is 45.3 Å². The number of esters is 1. The Bertz CT molecular complexity index is 261. The Labute approximate surface area is 88.4 Å². The van der Waals surface area contributed by atoms with Gasteiger partial charge in [-0.25, -0.2) is 8.78 Å². The number of ether oxygens (including phenoxy) is 1. The molecule has 0 unspecified atom stereocenters. The minimum absolute atomic E-state index is 0.0615. The molecule has 0 radical (unpaired) electrons. The molecule has 0 aliphatic carbocycles. The third-order valence-corrected chi connectivity index (χ3v) is 2.33. The van der Waals surface area contributed by atoms with E-state index in [2.05, 4.69) is 0 Å². The molecule has 0 saturated carbocycles. The molecular weight excluding hydrogens is 204 g/mol. The van der Waals surface area contributed by atoms with Crippen molar-refractivity contribution >= 4 is 5.97 Å². The molecule has 0 amide bonds. The Hall–Kier alpha value is -0.710. The average Bonchev–Trinajstić information content (AvgIpc) is 1.99. The Balaban J connectivity index is 2.36. The minimum atomic E-state index is -2.66. The van der Waals surface area contributed by atoms with E-state index >= 15 is 0 Å². The topological polar surface area (TPSA) is 29.5 Å². The maximum atomic E-state index is 12.8. The number of halogens is 2. The summed E-state index contributed by atoms with van der Waals surface area (Å²) in [5.74, 6) is -3.12. The van der Waals surface area contributed by atoms with E-state index in [1.165, 1.54) is 11.8 Å². The smallest absolute Gasteiger partial charge is 0.320 e. The first-order valence-electron chi connectivity index (χ1n) is 4.95. The summed E-state index contributed by atoms with van der Waals surface area (Å²) in [6, 6.07) is -0.870. The second-order valence-corrected chi connectivity index (χ2v) is 4.93. The number of nitrogens with zero attached hydrogens (tertiary/aromatic N) is 1. The summed E-state index contributed by atoms with van der Waals surface area (Å²) in [6.07, 6.45) is 0. The number of hydrogen-bond donors (Lipinski definition) is 0. The summed E-state index contributed by atoms with van der Waals surface area (Å²) in [4.78, 5) is 12.7. The lowest BCUT2D eigenvalue weighted by Crippen LogP contribution is -2.64. The lowest BCUT2D eigenvalue weighted by Gasteiger charge is -2.45. The van der Waals surface area contributed by atoms with Crippen molar-refractivity contribution < 1.29 is 18.3 Å². The van der Waals surface area contributed by atoms with Crippen LogP contribution in [0.15, 0.2) is 0 Å². The van der Waals surface area contributed by atoms with Crippen molar-refractivity contribution in [3.8, 4) is 0 Å². The van der Waals surface area contributed by atoms with E-state index in [0.717, 1.165) is 0 Å². The minimum Gasteiger partial charge on any atom is -0.459 e. The SMILES string of the molecule is C[C@@H]1N(CC(=O)OC(C)(C)C)CC1(F)F.